The summed E-state index contributed by atoms with van der Waals surface area (Å²) in [6.07, 6.45) is 0. The summed E-state index contributed by atoms with van der Waals surface area (Å²) in [5, 5.41) is 6.04. The minimum atomic E-state index is -0.151. The zero-order valence-corrected chi connectivity index (χ0v) is 15.0. The average molecular weight is 357 g/mol. The van der Waals surface area contributed by atoms with Crippen molar-refractivity contribution in [2.75, 3.05) is 5.32 Å². The predicted octanol–water partition coefficient (Wildman–Crippen LogP) is 5.84. The lowest BCUT2D eigenvalue weighted by molar-refractivity contribution is 0.102. The highest BCUT2D eigenvalue weighted by molar-refractivity contribution is 7.14. The molecule has 2 aromatic carbocycles. The lowest BCUT2D eigenvalue weighted by Gasteiger charge is -2.06. The number of carbonyl (C=O) groups excluding carboxylic acids is 1. The number of anilines is 1. The molecule has 1 amide bonds. The molecule has 0 spiro atoms. The van der Waals surface area contributed by atoms with Crippen LogP contribution in [0.1, 0.15) is 35.7 Å². The Morgan fingerprint density at radius 3 is 2.38 bits per heavy atom. The maximum Gasteiger partial charge on any atom is 0.257 e. The standard InChI is InChI=1S/C19H17ClN2OS/c1-12(2)13-3-5-15(6-4-13)18(23)22-19-21-17(11-24-19)14-7-9-16(20)10-8-14/h3-12H,1-2H3,(H,21,22,23). The Morgan fingerprint density at radius 1 is 1.08 bits per heavy atom. The van der Waals surface area contributed by atoms with Crippen molar-refractivity contribution >= 4 is 34.0 Å². The van der Waals surface area contributed by atoms with Gasteiger partial charge in [0.2, 0.25) is 0 Å². The van der Waals surface area contributed by atoms with Gasteiger partial charge in [-0.2, -0.15) is 0 Å². The van der Waals surface area contributed by atoms with Crippen LogP contribution in [-0.2, 0) is 0 Å². The second kappa shape index (κ2) is 7.16. The first-order valence-electron chi connectivity index (χ1n) is 7.65. The molecule has 0 radical (unpaired) electrons. The van der Waals surface area contributed by atoms with Gasteiger partial charge in [0, 0.05) is 21.5 Å². The molecule has 0 saturated heterocycles. The highest BCUT2D eigenvalue weighted by Gasteiger charge is 2.10. The molecular weight excluding hydrogens is 340 g/mol. The molecule has 0 saturated carbocycles. The van der Waals surface area contributed by atoms with Crippen molar-refractivity contribution in [1.82, 2.24) is 4.98 Å². The van der Waals surface area contributed by atoms with E-state index < -0.39 is 0 Å². The fourth-order valence-corrected chi connectivity index (χ4v) is 3.11. The first-order valence-corrected chi connectivity index (χ1v) is 8.91. The van der Waals surface area contributed by atoms with Gasteiger partial charge in [-0.1, -0.05) is 49.7 Å². The van der Waals surface area contributed by atoms with E-state index in [4.69, 9.17) is 11.6 Å². The summed E-state index contributed by atoms with van der Waals surface area (Å²) in [6.45, 7) is 4.26. The number of rotatable bonds is 4. The molecule has 1 aromatic heterocycles. The first-order chi connectivity index (χ1) is 11.5. The number of benzene rings is 2. The quantitative estimate of drug-likeness (QED) is 0.638. The normalized spacial score (nSPS) is 10.8. The van der Waals surface area contributed by atoms with Crippen molar-refractivity contribution < 1.29 is 4.79 Å². The molecule has 5 heteroatoms. The molecule has 0 aliphatic rings. The molecule has 1 heterocycles. The van der Waals surface area contributed by atoms with E-state index in [2.05, 4.69) is 24.1 Å². The van der Waals surface area contributed by atoms with Crippen molar-refractivity contribution in [2.45, 2.75) is 19.8 Å². The van der Waals surface area contributed by atoms with E-state index in [1.807, 2.05) is 53.9 Å². The average Bonchev–Trinajstić information content (AvgIpc) is 3.04. The highest BCUT2D eigenvalue weighted by atomic mass is 35.5. The van der Waals surface area contributed by atoms with Gasteiger partial charge in [0.05, 0.1) is 5.69 Å². The molecule has 0 fully saturated rings. The van der Waals surface area contributed by atoms with Crippen LogP contribution in [-0.4, -0.2) is 10.9 Å². The number of nitrogens with one attached hydrogen (secondary N) is 1. The summed E-state index contributed by atoms with van der Waals surface area (Å²) >= 11 is 7.30. The van der Waals surface area contributed by atoms with Gasteiger partial charge in [-0.15, -0.1) is 11.3 Å². The van der Waals surface area contributed by atoms with E-state index in [0.717, 1.165) is 11.3 Å². The zero-order valence-electron chi connectivity index (χ0n) is 13.4. The third-order valence-electron chi connectivity index (χ3n) is 3.70. The van der Waals surface area contributed by atoms with E-state index in [1.165, 1.54) is 16.9 Å². The smallest absolute Gasteiger partial charge is 0.257 e. The van der Waals surface area contributed by atoms with E-state index in [9.17, 15) is 4.79 Å². The van der Waals surface area contributed by atoms with Gasteiger partial charge >= 0.3 is 0 Å². The summed E-state index contributed by atoms with van der Waals surface area (Å²) < 4.78 is 0. The molecule has 3 aromatic rings. The van der Waals surface area contributed by atoms with Crippen LogP contribution in [0.2, 0.25) is 5.02 Å². The number of hydrogen-bond acceptors (Lipinski definition) is 3. The third kappa shape index (κ3) is 3.83. The number of aromatic nitrogens is 1. The Hall–Kier alpha value is -2.17. The number of hydrogen-bond donors (Lipinski definition) is 1. The monoisotopic (exact) mass is 356 g/mol. The fraction of sp³-hybridized carbons (Fsp3) is 0.158. The Bertz CT molecular complexity index is 839. The lowest BCUT2D eigenvalue weighted by atomic mass is 10.0. The van der Waals surface area contributed by atoms with Crippen molar-refractivity contribution in [3.05, 3.63) is 70.1 Å². The third-order valence-corrected chi connectivity index (χ3v) is 4.71. The molecule has 1 N–H and O–H groups in total. The summed E-state index contributed by atoms with van der Waals surface area (Å²) in [4.78, 5) is 16.8. The summed E-state index contributed by atoms with van der Waals surface area (Å²) in [6, 6.07) is 15.1. The van der Waals surface area contributed by atoms with Crippen molar-refractivity contribution in [1.29, 1.82) is 0 Å². The number of halogens is 1. The van der Waals surface area contributed by atoms with E-state index in [1.54, 1.807) is 0 Å². The maximum absolute atomic E-state index is 12.3. The van der Waals surface area contributed by atoms with Gasteiger partial charge in [0.1, 0.15) is 0 Å². The predicted molar refractivity (Wildman–Crippen MR) is 101 cm³/mol. The van der Waals surface area contributed by atoms with Gasteiger partial charge in [-0.25, -0.2) is 4.98 Å². The van der Waals surface area contributed by atoms with Crippen LogP contribution in [0.5, 0.6) is 0 Å². The minimum Gasteiger partial charge on any atom is -0.298 e. The zero-order chi connectivity index (χ0) is 17.1. The van der Waals surface area contributed by atoms with Crippen LogP contribution in [0.3, 0.4) is 0 Å². The number of amides is 1. The topological polar surface area (TPSA) is 42.0 Å². The molecule has 24 heavy (non-hydrogen) atoms. The first kappa shape index (κ1) is 16.7. The largest absolute Gasteiger partial charge is 0.298 e. The summed E-state index contributed by atoms with van der Waals surface area (Å²) in [7, 11) is 0. The second-order valence-corrected chi connectivity index (χ2v) is 7.07. The second-order valence-electron chi connectivity index (χ2n) is 5.78. The Kier molecular flexibility index (Phi) is 4.97. The van der Waals surface area contributed by atoms with Gasteiger partial charge in [0.15, 0.2) is 5.13 Å². The Labute approximate surface area is 150 Å². The van der Waals surface area contributed by atoms with Crippen LogP contribution in [0.25, 0.3) is 11.3 Å². The molecule has 122 valence electrons. The van der Waals surface area contributed by atoms with Crippen LogP contribution < -0.4 is 5.32 Å². The Morgan fingerprint density at radius 2 is 1.75 bits per heavy atom. The molecule has 3 nitrogen and oxygen atoms in total. The molecule has 3 rings (SSSR count). The SMILES string of the molecule is CC(C)c1ccc(C(=O)Nc2nc(-c3ccc(Cl)cc3)cs2)cc1. The molecule has 0 bridgehead atoms. The summed E-state index contributed by atoms with van der Waals surface area (Å²) in [5.74, 6) is 0.297. The maximum atomic E-state index is 12.3. The van der Waals surface area contributed by atoms with Crippen LogP contribution in [0.15, 0.2) is 53.9 Å². The van der Waals surface area contributed by atoms with E-state index >= 15 is 0 Å². The van der Waals surface area contributed by atoms with E-state index in [0.29, 0.717) is 21.6 Å². The molecule has 0 aliphatic heterocycles. The number of nitrogens with zero attached hydrogens (tertiary/aromatic N) is 1. The molecule has 0 unspecified atom stereocenters. The van der Waals surface area contributed by atoms with Gasteiger partial charge in [-0.05, 0) is 35.7 Å². The highest BCUT2D eigenvalue weighted by Crippen LogP contribution is 2.26. The van der Waals surface area contributed by atoms with Crippen molar-refractivity contribution in [3.8, 4) is 11.3 Å². The number of carbonyl (C=O) groups is 1. The lowest BCUT2D eigenvalue weighted by Crippen LogP contribution is -2.11. The minimum absolute atomic E-state index is 0.151. The Balaban J connectivity index is 1.72. The van der Waals surface area contributed by atoms with Crippen LogP contribution in [0, 0.1) is 0 Å². The van der Waals surface area contributed by atoms with Crippen LogP contribution >= 0.6 is 22.9 Å². The molecular formula is C19H17ClN2OS. The van der Waals surface area contributed by atoms with Crippen LogP contribution in [0.4, 0.5) is 5.13 Å². The van der Waals surface area contributed by atoms with Crippen molar-refractivity contribution in [3.63, 3.8) is 0 Å². The van der Waals surface area contributed by atoms with E-state index in [-0.39, 0.29) is 5.91 Å². The van der Waals surface area contributed by atoms with Crippen molar-refractivity contribution in [2.24, 2.45) is 0 Å². The molecule has 0 aliphatic carbocycles. The number of thiazole rings is 1. The summed E-state index contributed by atoms with van der Waals surface area (Å²) in [5.41, 5.74) is 3.63. The fourth-order valence-electron chi connectivity index (χ4n) is 2.27. The molecule has 0 atom stereocenters. The van der Waals surface area contributed by atoms with Gasteiger partial charge < -0.3 is 0 Å². The van der Waals surface area contributed by atoms with Gasteiger partial charge in [0.25, 0.3) is 5.91 Å². The van der Waals surface area contributed by atoms with Gasteiger partial charge in [-0.3, -0.25) is 10.1 Å².